The topological polar surface area (TPSA) is 29.5 Å². The average molecular weight is 270 g/mol. The van der Waals surface area contributed by atoms with Gasteiger partial charge in [0.15, 0.2) is 0 Å². The second-order valence-electron chi connectivity index (χ2n) is 4.32. The van der Waals surface area contributed by atoms with Gasteiger partial charge >= 0.3 is 0 Å². The average Bonchev–Trinajstić information content (AvgIpc) is 2.45. The van der Waals surface area contributed by atoms with Crippen LogP contribution in [0.5, 0.6) is 5.75 Å². The molecule has 3 heteroatoms. The highest BCUT2D eigenvalue weighted by atomic mass is 19.1. The lowest BCUT2D eigenvalue weighted by Crippen LogP contribution is -1.99. The van der Waals surface area contributed by atoms with Crippen LogP contribution in [0.25, 0.3) is 0 Å². The van der Waals surface area contributed by atoms with E-state index < -0.39 is 0 Å². The van der Waals surface area contributed by atoms with E-state index >= 15 is 0 Å². The van der Waals surface area contributed by atoms with E-state index in [1.54, 1.807) is 24.3 Å². The summed E-state index contributed by atoms with van der Waals surface area (Å²) in [5.74, 6) is 5.85. The number of ether oxygens (including phenoxy) is 1. The minimum Gasteiger partial charge on any atom is -0.489 e. The van der Waals surface area contributed by atoms with Gasteiger partial charge in [0.2, 0.25) is 0 Å². The minimum absolute atomic E-state index is 0.162. The first-order chi connectivity index (χ1) is 9.70. The van der Waals surface area contributed by atoms with E-state index in [2.05, 4.69) is 11.8 Å². The first-order valence-corrected chi connectivity index (χ1v) is 6.27. The molecule has 0 fully saturated rings. The van der Waals surface area contributed by atoms with Gasteiger partial charge in [0.25, 0.3) is 0 Å². The highest BCUT2D eigenvalue weighted by Gasteiger charge is 2.04. The molecule has 0 aliphatic carbocycles. The van der Waals surface area contributed by atoms with Crippen molar-refractivity contribution in [3.8, 4) is 17.6 Å². The van der Waals surface area contributed by atoms with Crippen molar-refractivity contribution in [1.29, 1.82) is 0 Å². The molecule has 0 aromatic heterocycles. The number of halogens is 1. The second kappa shape index (κ2) is 6.74. The van der Waals surface area contributed by atoms with Gasteiger partial charge in [0.05, 0.1) is 0 Å². The van der Waals surface area contributed by atoms with Gasteiger partial charge in [-0.1, -0.05) is 30.0 Å². The van der Waals surface area contributed by atoms with Crippen molar-refractivity contribution in [2.24, 2.45) is 0 Å². The molecular formula is C17H15FO2. The molecule has 2 aromatic carbocycles. The van der Waals surface area contributed by atoms with Crippen molar-refractivity contribution in [3.63, 3.8) is 0 Å². The summed E-state index contributed by atoms with van der Waals surface area (Å²) in [6.45, 7) is 1.93. The largest absolute Gasteiger partial charge is 0.489 e. The Bertz CT molecular complexity index is 654. The molecule has 102 valence electrons. The fraction of sp³-hybridized carbons (Fsp3) is 0.176. The van der Waals surface area contributed by atoms with Crippen molar-refractivity contribution >= 4 is 0 Å². The summed E-state index contributed by atoms with van der Waals surface area (Å²) in [7, 11) is 0. The number of aliphatic hydroxyl groups excluding tert-OH is 1. The third-order valence-corrected chi connectivity index (χ3v) is 2.83. The number of aliphatic hydroxyl groups is 1. The predicted molar refractivity (Wildman–Crippen MR) is 75.9 cm³/mol. The van der Waals surface area contributed by atoms with Crippen LogP contribution in [0.4, 0.5) is 4.39 Å². The van der Waals surface area contributed by atoms with Crippen LogP contribution in [-0.2, 0) is 6.61 Å². The van der Waals surface area contributed by atoms with E-state index in [0.29, 0.717) is 11.3 Å². The lowest BCUT2D eigenvalue weighted by Gasteiger charge is -2.10. The van der Waals surface area contributed by atoms with Crippen molar-refractivity contribution in [2.75, 3.05) is 6.61 Å². The summed E-state index contributed by atoms with van der Waals surface area (Å²) in [4.78, 5) is 0. The van der Waals surface area contributed by atoms with E-state index in [0.717, 1.165) is 11.1 Å². The van der Waals surface area contributed by atoms with Gasteiger partial charge in [-0.15, -0.1) is 0 Å². The van der Waals surface area contributed by atoms with E-state index in [9.17, 15) is 4.39 Å². The Balaban J connectivity index is 2.09. The number of aryl methyl sites for hydroxylation is 1. The minimum atomic E-state index is -0.268. The summed E-state index contributed by atoms with van der Waals surface area (Å²) in [6, 6.07) is 12.0. The highest BCUT2D eigenvalue weighted by molar-refractivity contribution is 5.43. The Hall–Kier alpha value is -2.31. The zero-order valence-electron chi connectivity index (χ0n) is 11.2. The maximum Gasteiger partial charge on any atom is 0.129 e. The highest BCUT2D eigenvalue weighted by Crippen LogP contribution is 2.20. The van der Waals surface area contributed by atoms with Gasteiger partial charge in [-0.25, -0.2) is 4.39 Å². The molecule has 0 saturated heterocycles. The van der Waals surface area contributed by atoms with Crippen LogP contribution in [0.3, 0.4) is 0 Å². The Morgan fingerprint density at radius 2 is 2.00 bits per heavy atom. The zero-order valence-corrected chi connectivity index (χ0v) is 11.2. The standard InChI is InChI=1S/C17H15FO2/c1-13-11-14(5-4-10-19)8-9-17(13)20-12-15-6-2-3-7-16(15)18/h2-3,6-9,11,19H,10,12H2,1H3. The normalized spacial score (nSPS) is 9.75. The van der Waals surface area contributed by atoms with E-state index in [1.165, 1.54) is 6.07 Å². The molecular weight excluding hydrogens is 255 g/mol. The molecule has 20 heavy (non-hydrogen) atoms. The van der Waals surface area contributed by atoms with Gasteiger partial charge < -0.3 is 9.84 Å². The van der Waals surface area contributed by atoms with Gasteiger partial charge in [-0.2, -0.15) is 0 Å². The molecule has 0 heterocycles. The quantitative estimate of drug-likeness (QED) is 0.869. The van der Waals surface area contributed by atoms with E-state index in [1.807, 2.05) is 19.1 Å². The van der Waals surface area contributed by atoms with Crippen LogP contribution < -0.4 is 4.74 Å². The second-order valence-corrected chi connectivity index (χ2v) is 4.32. The first kappa shape index (κ1) is 14.1. The van der Waals surface area contributed by atoms with Crippen molar-refractivity contribution in [1.82, 2.24) is 0 Å². The Morgan fingerprint density at radius 1 is 1.20 bits per heavy atom. The molecule has 0 amide bonds. The summed E-state index contributed by atoms with van der Waals surface area (Å²) >= 11 is 0. The molecule has 2 aromatic rings. The predicted octanol–water partition coefficient (Wildman–Crippen LogP) is 3.06. The molecule has 2 rings (SSSR count). The summed E-state index contributed by atoms with van der Waals surface area (Å²) in [5, 5.41) is 8.65. The van der Waals surface area contributed by atoms with E-state index in [-0.39, 0.29) is 19.0 Å². The van der Waals surface area contributed by atoms with Crippen LogP contribution in [0, 0.1) is 24.6 Å². The summed E-state index contributed by atoms with van der Waals surface area (Å²) in [5.41, 5.74) is 2.26. The van der Waals surface area contributed by atoms with Crippen LogP contribution >= 0.6 is 0 Å². The molecule has 1 N–H and O–H groups in total. The Kier molecular flexibility index (Phi) is 4.75. The molecule has 0 aliphatic rings. The maximum atomic E-state index is 13.5. The number of rotatable bonds is 3. The fourth-order valence-electron chi connectivity index (χ4n) is 1.80. The van der Waals surface area contributed by atoms with Crippen LogP contribution in [0.2, 0.25) is 0 Å². The van der Waals surface area contributed by atoms with Gasteiger partial charge in [-0.05, 0) is 36.8 Å². The molecule has 0 atom stereocenters. The molecule has 0 radical (unpaired) electrons. The van der Waals surface area contributed by atoms with Crippen LogP contribution in [0.15, 0.2) is 42.5 Å². The summed E-state index contributed by atoms with van der Waals surface area (Å²) < 4.78 is 19.1. The number of hydrogen-bond acceptors (Lipinski definition) is 2. The van der Waals surface area contributed by atoms with Crippen molar-refractivity contribution in [2.45, 2.75) is 13.5 Å². The Morgan fingerprint density at radius 3 is 2.70 bits per heavy atom. The zero-order chi connectivity index (χ0) is 14.4. The van der Waals surface area contributed by atoms with Crippen molar-refractivity contribution in [3.05, 3.63) is 65.0 Å². The lowest BCUT2D eigenvalue weighted by atomic mass is 10.1. The molecule has 0 aliphatic heterocycles. The third-order valence-electron chi connectivity index (χ3n) is 2.83. The third kappa shape index (κ3) is 3.59. The molecule has 0 spiro atoms. The maximum absolute atomic E-state index is 13.5. The summed E-state index contributed by atoms with van der Waals surface area (Å²) in [6.07, 6.45) is 0. The van der Waals surface area contributed by atoms with E-state index in [4.69, 9.17) is 9.84 Å². The van der Waals surface area contributed by atoms with Gasteiger partial charge in [-0.3, -0.25) is 0 Å². The fourth-order valence-corrected chi connectivity index (χ4v) is 1.80. The molecule has 0 bridgehead atoms. The first-order valence-electron chi connectivity index (χ1n) is 6.27. The number of hydrogen-bond donors (Lipinski definition) is 1. The molecule has 2 nitrogen and oxygen atoms in total. The monoisotopic (exact) mass is 270 g/mol. The van der Waals surface area contributed by atoms with Gasteiger partial charge in [0, 0.05) is 11.1 Å². The molecule has 0 unspecified atom stereocenters. The molecule has 0 saturated carbocycles. The van der Waals surface area contributed by atoms with Crippen molar-refractivity contribution < 1.29 is 14.2 Å². The van der Waals surface area contributed by atoms with Gasteiger partial charge in [0.1, 0.15) is 24.8 Å². The SMILES string of the molecule is Cc1cc(C#CCO)ccc1OCc1ccccc1F. The van der Waals surface area contributed by atoms with Crippen LogP contribution in [0.1, 0.15) is 16.7 Å². The lowest BCUT2D eigenvalue weighted by molar-refractivity contribution is 0.298. The Labute approximate surface area is 117 Å². The number of benzene rings is 2. The van der Waals surface area contributed by atoms with Crippen LogP contribution in [-0.4, -0.2) is 11.7 Å². The smallest absolute Gasteiger partial charge is 0.129 e.